The molecule has 1 aromatic carbocycles. The van der Waals surface area contributed by atoms with Crippen molar-refractivity contribution in [3.63, 3.8) is 0 Å². The summed E-state index contributed by atoms with van der Waals surface area (Å²) in [5.41, 5.74) is 1.59. The number of rotatable bonds is 5. The van der Waals surface area contributed by atoms with Gasteiger partial charge in [-0.2, -0.15) is 0 Å². The minimum Gasteiger partial charge on any atom is -0.446 e. The Labute approximate surface area is 169 Å². The Bertz CT molecular complexity index is 1030. The Kier molecular flexibility index (Phi) is 5.29. The smallest absolute Gasteiger partial charge is 0.275 e. The second kappa shape index (κ2) is 8.03. The van der Waals surface area contributed by atoms with E-state index < -0.39 is 6.04 Å². The van der Waals surface area contributed by atoms with Crippen LogP contribution in [0.4, 0.5) is 0 Å². The Balaban J connectivity index is 1.57. The van der Waals surface area contributed by atoms with Crippen molar-refractivity contribution < 1.29 is 14.0 Å². The fraction of sp³-hybridized carbons (Fsp3) is 0.364. The lowest BCUT2D eigenvalue weighted by Gasteiger charge is -2.19. The molecule has 0 bridgehead atoms. The van der Waals surface area contributed by atoms with Crippen LogP contribution in [-0.2, 0) is 0 Å². The number of fused-ring (bicyclic) bond motifs is 1. The molecular weight excluding hydrogens is 368 g/mol. The molecule has 1 N–H and O–H groups in total. The first-order chi connectivity index (χ1) is 14.0. The predicted octanol–water partition coefficient (Wildman–Crippen LogP) is 3.59. The summed E-state index contributed by atoms with van der Waals surface area (Å²) in [4.78, 5) is 36.1. The highest BCUT2D eigenvalue weighted by Crippen LogP contribution is 2.24. The molecule has 150 valence electrons. The van der Waals surface area contributed by atoms with Crippen molar-refractivity contribution in [2.75, 3.05) is 13.1 Å². The van der Waals surface area contributed by atoms with Crippen LogP contribution in [0, 0.1) is 5.92 Å². The molecule has 7 heteroatoms. The van der Waals surface area contributed by atoms with Crippen LogP contribution >= 0.6 is 0 Å². The van der Waals surface area contributed by atoms with E-state index >= 15 is 0 Å². The minimum atomic E-state index is -0.449. The lowest BCUT2D eigenvalue weighted by molar-refractivity contribution is 0.0786. The number of benzene rings is 1. The molecule has 1 atom stereocenters. The van der Waals surface area contributed by atoms with Crippen LogP contribution in [0.2, 0.25) is 0 Å². The second-order valence-corrected chi connectivity index (χ2v) is 7.64. The summed E-state index contributed by atoms with van der Waals surface area (Å²) in [7, 11) is 0. The topological polar surface area (TPSA) is 88.3 Å². The number of nitrogens with zero attached hydrogens (tertiary/aromatic N) is 3. The molecule has 1 saturated heterocycles. The van der Waals surface area contributed by atoms with E-state index in [0.29, 0.717) is 11.5 Å². The third-order valence-electron chi connectivity index (χ3n) is 5.25. The van der Waals surface area contributed by atoms with Gasteiger partial charge < -0.3 is 14.6 Å². The average Bonchev–Trinajstić information content (AvgIpc) is 3.43. The normalized spacial score (nSPS) is 15.1. The third kappa shape index (κ3) is 3.85. The van der Waals surface area contributed by atoms with E-state index in [-0.39, 0.29) is 23.4 Å². The van der Waals surface area contributed by atoms with Gasteiger partial charge in [-0.05, 0) is 30.9 Å². The maximum absolute atomic E-state index is 13.0. The van der Waals surface area contributed by atoms with Gasteiger partial charge in [-0.3, -0.25) is 14.6 Å². The summed E-state index contributed by atoms with van der Waals surface area (Å²) >= 11 is 0. The number of carbonyl (C=O) groups excluding carboxylic acids is 2. The van der Waals surface area contributed by atoms with Gasteiger partial charge in [0.15, 0.2) is 5.69 Å². The summed E-state index contributed by atoms with van der Waals surface area (Å²) in [6.07, 6.45) is 5.04. The van der Waals surface area contributed by atoms with Crippen molar-refractivity contribution in [3.8, 4) is 0 Å². The van der Waals surface area contributed by atoms with Crippen LogP contribution < -0.4 is 5.32 Å². The number of para-hydroxylation sites is 1. The number of oxazole rings is 1. The number of hydrogen-bond acceptors (Lipinski definition) is 5. The highest BCUT2D eigenvalue weighted by molar-refractivity contribution is 6.06. The molecule has 3 heterocycles. The van der Waals surface area contributed by atoms with E-state index in [1.54, 1.807) is 17.2 Å². The van der Waals surface area contributed by atoms with Gasteiger partial charge in [0, 0.05) is 24.7 Å². The fourth-order valence-corrected chi connectivity index (χ4v) is 3.64. The standard InChI is InChI=1S/C22H24N4O3/c1-14(2)19(21-24-18(13-29-21)22(28)26-11-5-6-12-26)25-20(27)16-9-10-23-17-8-4-3-7-15(16)17/h3-4,7-10,13-14,19H,5-6,11-12H2,1-2H3,(H,25,27)/t19-/m1/s1. The number of likely N-dealkylation sites (tertiary alicyclic amines) is 1. The first kappa shape index (κ1) is 19.1. The highest BCUT2D eigenvalue weighted by Gasteiger charge is 2.28. The number of pyridine rings is 1. The molecule has 0 unspecified atom stereocenters. The van der Waals surface area contributed by atoms with Crippen molar-refractivity contribution in [3.05, 3.63) is 59.9 Å². The maximum Gasteiger partial charge on any atom is 0.275 e. The van der Waals surface area contributed by atoms with Crippen LogP contribution in [0.3, 0.4) is 0 Å². The summed E-state index contributed by atoms with van der Waals surface area (Å²) in [5, 5.41) is 3.80. The van der Waals surface area contributed by atoms with Gasteiger partial charge in [-0.1, -0.05) is 32.0 Å². The van der Waals surface area contributed by atoms with Crippen LogP contribution in [-0.4, -0.2) is 39.8 Å². The number of carbonyl (C=O) groups is 2. The van der Waals surface area contributed by atoms with E-state index in [4.69, 9.17) is 4.42 Å². The predicted molar refractivity (Wildman–Crippen MR) is 108 cm³/mol. The zero-order valence-electron chi connectivity index (χ0n) is 16.6. The Morgan fingerprint density at radius 3 is 2.66 bits per heavy atom. The third-order valence-corrected chi connectivity index (χ3v) is 5.25. The number of amides is 2. The molecule has 0 saturated carbocycles. The zero-order valence-corrected chi connectivity index (χ0v) is 16.6. The van der Waals surface area contributed by atoms with Crippen LogP contribution in [0.25, 0.3) is 10.9 Å². The van der Waals surface area contributed by atoms with Crippen molar-refractivity contribution in [1.29, 1.82) is 0 Å². The Hall–Kier alpha value is -3.22. The van der Waals surface area contributed by atoms with Gasteiger partial charge in [-0.15, -0.1) is 0 Å². The molecule has 0 spiro atoms. The molecule has 0 aliphatic carbocycles. The van der Waals surface area contributed by atoms with E-state index in [9.17, 15) is 9.59 Å². The molecule has 1 fully saturated rings. The molecule has 2 amide bonds. The van der Waals surface area contributed by atoms with Crippen LogP contribution in [0.5, 0.6) is 0 Å². The van der Waals surface area contributed by atoms with Gasteiger partial charge in [0.25, 0.3) is 11.8 Å². The van der Waals surface area contributed by atoms with Crippen molar-refractivity contribution >= 4 is 22.7 Å². The van der Waals surface area contributed by atoms with Crippen molar-refractivity contribution in [2.24, 2.45) is 5.92 Å². The van der Waals surface area contributed by atoms with Crippen molar-refractivity contribution in [2.45, 2.75) is 32.7 Å². The molecule has 4 rings (SSSR count). The molecule has 7 nitrogen and oxygen atoms in total. The SMILES string of the molecule is CC(C)[C@@H](NC(=O)c1ccnc2ccccc12)c1nc(C(=O)N2CCCC2)co1. The number of hydrogen-bond donors (Lipinski definition) is 1. The maximum atomic E-state index is 13.0. The summed E-state index contributed by atoms with van der Waals surface area (Å²) in [6.45, 7) is 5.45. The monoisotopic (exact) mass is 392 g/mol. The van der Waals surface area contributed by atoms with Gasteiger partial charge in [0.05, 0.1) is 11.1 Å². The van der Waals surface area contributed by atoms with Crippen molar-refractivity contribution in [1.82, 2.24) is 20.2 Å². The fourth-order valence-electron chi connectivity index (χ4n) is 3.64. The quantitative estimate of drug-likeness (QED) is 0.717. The summed E-state index contributed by atoms with van der Waals surface area (Å²) in [6, 6.07) is 8.77. The average molecular weight is 392 g/mol. The lowest BCUT2D eigenvalue weighted by Crippen LogP contribution is -2.32. The molecule has 1 aliphatic rings. The van der Waals surface area contributed by atoms with Crippen LogP contribution in [0.15, 0.2) is 47.2 Å². The minimum absolute atomic E-state index is 0.0282. The number of aromatic nitrogens is 2. The molecule has 3 aromatic rings. The Morgan fingerprint density at radius 2 is 1.90 bits per heavy atom. The molecule has 1 aliphatic heterocycles. The van der Waals surface area contributed by atoms with Crippen LogP contribution in [0.1, 0.15) is 59.5 Å². The summed E-state index contributed by atoms with van der Waals surface area (Å²) < 4.78 is 5.61. The molecular formula is C22H24N4O3. The first-order valence-electron chi connectivity index (χ1n) is 9.94. The molecule has 29 heavy (non-hydrogen) atoms. The van der Waals surface area contributed by atoms with Gasteiger partial charge in [0.1, 0.15) is 12.3 Å². The summed E-state index contributed by atoms with van der Waals surface area (Å²) in [5.74, 6) is 0.0223. The van der Waals surface area contributed by atoms with Gasteiger partial charge >= 0.3 is 0 Å². The second-order valence-electron chi connectivity index (χ2n) is 7.64. The van der Waals surface area contributed by atoms with E-state index in [0.717, 1.165) is 36.8 Å². The number of nitrogens with one attached hydrogen (secondary N) is 1. The largest absolute Gasteiger partial charge is 0.446 e. The molecule has 2 aromatic heterocycles. The van der Waals surface area contributed by atoms with Gasteiger partial charge in [-0.25, -0.2) is 4.98 Å². The lowest BCUT2D eigenvalue weighted by atomic mass is 10.0. The van der Waals surface area contributed by atoms with E-state index in [1.807, 2.05) is 38.1 Å². The molecule has 0 radical (unpaired) electrons. The zero-order chi connectivity index (χ0) is 20.4. The van der Waals surface area contributed by atoms with Gasteiger partial charge in [0.2, 0.25) is 5.89 Å². The highest BCUT2D eigenvalue weighted by atomic mass is 16.3. The van der Waals surface area contributed by atoms with E-state index in [1.165, 1.54) is 6.26 Å². The first-order valence-corrected chi connectivity index (χ1v) is 9.94. The van der Waals surface area contributed by atoms with E-state index in [2.05, 4.69) is 15.3 Å². The Morgan fingerprint density at radius 1 is 1.14 bits per heavy atom.